The van der Waals surface area contributed by atoms with Crippen LogP contribution >= 0.6 is 23.2 Å². The lowest BCUT2D eigenvalue weighted by atomic mass is 9.84. The largest absolute Gasteiger partial charge is 0.385 e. The fraction of sp³-hybridized carbons (Fsp3) is 0.185. The normalized spacial score (nSPS) is 15.3. The molecule has 5 rings (SSSR count). The molecule has 0 unspecified atom stereocenters. The van der Waals surface area contributed by atoms with Crippen molar-refractivity contribution in [2.75, 3.05) is 13.1 Å². The molecule has 0 aliphatic carbocycles. The predicted octanol–water partition coefficient (Wildman–Crippen LogP) is 6.11. The van der Waals surface area contributed by atoms with Crippen LogP contribution in [-0.2, 0) is 5.60 Å². The van der Waals surface area contributed by atoms with Gasteiger partial charge in [-0.05, 0) is 60.9 Å². The van der Waals surface area contributed by atoms with E-state index in [9.17, 15) is 14.3 Å². The van der Waals surface area contributed by atoms with E-state index in [1.165, 1.54) is 12.1 Å². The number of rotatable bonds is 4. The van der Waals surface area contributed by atoms with Gasteiger partial charge in [0.05, 0.1) is 10.6 Å². The third kappa shape index (κ3) is 4.69. The molecule has 0 spiro atoms. The van der Waals surface area contributed by atoms with Gasteiger partial charge in [0.15, 0.2) is 0 Å². The maximum atomic E-state index is 13.6. The van der Waals surface area contributed by atoms with E-state index in [-0.39, 0.29) is 17.4 Å². The Morgan fingerprint density at radius 3 is 2.31 bits per heavy atom. The number of halogens is 3. The minimum Gasteiger partial charge on any atom is -0.385 e. The smallest absolute Gasteiger partial charge is 0.274 e. The Hall–Kier alpha value is -3.19. The van der Waals surface area contributed by atoms with Crippen LogP contribution in [0, 0.1) is 5.82 Å². The van der Waals surface area contributed by atoms with Crippen molar-refractivity contribution in [1.82, 2.24) is 14.5 Å². The summed E-state index contributed by atoms with van der Waals surface area (Å²) in [4.78, 5) is 19.7. The molecule has 0 atom stereocenters. The number of piperidine rings is 1. The Bertz CT molecular complexity index is 1370. The molecule has 0 saturated carbocycles. The first-order valence-electron chi connectivity index (χ1n) is 11.2. The van der Waals surface area contributed by atoms with E-state index in [2.05, 4.69) is 4.98 Å². The highest BCUT2D eigenvalue weighted by Crippen LogP contribution is 2.34. The molecule has 0 bridgehead atoms. The SMILES string of the molecule is O=C(c1cn(-c2ccc(F)cc2)c(-c2ccc(Cl)cc2Cl)n1)N1CCC(O)(c2ccccc2)CC1. The van der Waals surface area contributed by atoms with Crippen molar-refractivity contribution in [3.8, 4) is 17.1 Å². The molecule has 178 valence electrons. The van der Waals surface area contributed by atoms with Crippen LogP contribution in [0.5, 0.6) is 0 Å². The summed E-state index contributed by atoms with van der Waals surface area (Å²) < 4.78 is 15.3. The first kappa shape index (κ1) is 23.5. The highest BCUT2D eigenvalue weighted by atomic mass is 35.5. The minimum atomic E-state index is -0.965. The highest BCUT2D eigenvalue weighted by molar-refractivity contribution is 6.36. The Morgan fingerprint density at radius 1 is 0.971 bits per heavy atom. The van der Waals surface area contributed by atoms with Gasteiger partial charge in [0.25, 0.3) is 5.91 Å². The van der Waals surface area contributed by atoms with Gasteiger partial charge in [0.2, 0.25) is 0 Å². The van der Waals surface area contributed by atoms with Crippen molar-refractivity contribution in [2.24, 2.45) is 0 Å². The number of likely N-dealkylation sites (tertiary alicyclic amines) is 1. The van der Waals surface area contributed by atoms with Gasteiger partial charge < -0.3 is 10.0 Å². The Balaban J connectivity index is 1.46. The lowest BCUT2D eigenvalue weighted by Gasteiger charge is -2.38. The molecule has 1 aliphatic heterocycles. The van der Waals surface area contributed by atoms with E-state index < -0.39 is 5.60 Å². The van der Waals surface area contributed by atoms with Gasteiger partial charge in [-0.25, -0.2) is 9.37 Å². The molecule has 1 aliphatic rings. The molecule has 1 aromatic heterocycles. The van der Waals surface area contributed by atoms with Gasteiger partial charge >= 0.3 is 0 Å². The van der Waals surface area contributed by atoms with Gasteiger partial charge in [0, 0.05) is 35.6 Å². The Labute approximate surface area is 212 Å². The average Bonchev–Trinajstić information content (AvgIpc) is 3.30. The number of imidazole rings is 1. The summed E-state index contributed by atoms with van der Waals surface area (Å²) in [5.74, 6) is -0.165. The number of carbonyl (C=O) groups is 1. The van der Waals surface area contributed by atoms with Crippen LogP contribution in [-0.4, -0.2) is 38.6 Å². The molecule has 35 heavy (non-hydrogen) atoms. The van der Waals surface area contributed by atoms with Crippen molar-refractivity contribution in [1.29, 1.82) is 0 Å². The summed E-state index contributed by atoms with van der Waals surface area (Å²) in [6, 6.07) is 20.5. The van der Waals surface area contributed by atoms with Crippen molar-refractivity contribution in [3.63, 3.8) is 0 Å². The lowest BCUT2D eigenvalue weighted by molar-refractivity contribution is -0.0212. The zero-order valence-electron chi connectivity index (χ0n) is 18.7. The number of aromatic nitrogens is 2. The minimum absolute atomic E-state index is 0.237. The molecule has 1 amide bonds. The molecule has 2 heterocycles. The van der Waals surface area contributed by atoms with Crippen molar-refractivity contribution < 1.29 is 14.3 Å². The van der Waals surface area contributed by atoms with E-state index in [1.54, 1.807) is 46.0 Å². The molecule has 1 saturated heterocycles. The van der Waals surface area contributed by atoms with Gasteiger partial charge in [-0.1, -0.05) is 53.5 Å². The molecule has 8 heteroatoms. The third-order valence-corrected chi connectivity index (χ3v) is 6.94. The fourth-order valence-electron chi connectivity index (χ4n) is 4.42. The fourth-order valence-corrected chi connectivity index (χ4v) is 4.91. The second-order valence-corrected chi connectivity index (χ2v) is 9.45. The summed E-state index contributed by atoms with van der Waals surface area (Å²) in [6.45, 7) is 0.787. The van der Waals surface area contributed by atoms with Crippen LogP contribution in [0.3, 0.4) is 0 Å². The first-order chi connectivity index (χ1) is 16.8. The number of hydrogen-bond acceptors (Lipinski definition) is 3. The molecule has 5 nitrogen and oxygen atoms in total. The van der Waals surface area contributed by atoms with Gasteiger partial charge in [-0.2, -0.15) is 0 Å². The summed E-state index contributed by atoms with van der Waals surface area (Å²) in [6.07, 6.45) is 2.49. The Kier molecular flexibility index (Phi) is 6.36. The van der Waals surface area contributed by atoms with E-state index in [0.717, 1.165) is 5.56 Å². The zero-order chi connectivity index (χ0) is 24.6. The van der Waals surface area contributed by atoms with E-state index in [1.807, 2.05) is 30.3 Å². The molecule has 1 fully saturated rings. The van der Waals surface area contributed by atoms with Crippen LogP contribution in [0.2, 0.25) is 10.0 Å². The maximum absolute atomic E-state index is 13.6. The Morgan fingerprint density at radius 2 is 1.66 bits per heavy atom. The number of carbonyl (C=O) groups excluding carboxylic acids is 1. The van der Waals surface area contributed by atoms with Crippen molar-refractivity contribution in [3.05, 3.63) is 106 Å². The van der Waals surface area contributed by atoms with Crippen LogP contribution in [0.1, 0.15) is 28.9 Å². The van der Waals surface area contributed by atoms with E-state index in [0.29, 0.717) is 53.1 Å². The molecule has 1 N–H and O–H groups in total. The zero-order valence-corrected chi connectivity index (χ0v) is 20.2. The van der Waals surface area contributed by atoms with Crippen LogP contribution in [0.4, 0.5) is 4.39 Å². The van der Waals surface area contributed by atoms with E-state index in [4.69, 9.17) is 23.2 Å². The average molecular weight is 510 g/mol. The molecular weight excluding hydrogens is 488 g/mol. The highest BCUT2D eigenvalue weighted by Gasteiger charge is 2.36. The summed E-state index contributed by atoms with van der Waals surface area (Å²) in [5.41, 5.74) is 1.36. The summed E-state index contributed by atoms with van der Waals surface area (Å²) in [7, 11) is 0. The monoisotopic (exact) mass is 509 g/mol. The van der Waals surface area contributed by atoms with Crippen LogP contribution in [0.25, 0.3) is 17.1 Å². The molecular formula is C27H22Cl2FN3O2. The van der Waals surface area contributed by atoms with Crippen LogP contribution in [0.15, 0.2) is 79.0 Å². The topological polar surface area (TPSA) is 58.4 Å². The second-order valence-electron chi connectivity index (χ2n) is 8.61. The van der Waals surface area contributed by atoms with Gasteiger partial charge in [-0.15, -0.1) is 0 Å². The number of aliphatic hydroxyl groups is 1. The molecule has 3 aromatic carbocycles. The van der Waals surface area contributed by atoms with Crippen LogP contribution < -0.4 is 0 Å². The van der Waals surface area contributed by atoms with Gasteiger partial charge in [-0.3, -0.25) is 9.36 Å². The summed E-state index contributed by atoms with van der Waals surface area (Å²) >= 11 is 12.5. The second kappa shape index (κ2) is 9.46. The number of hydrogen-bond donors (Lipinski definition) is 1. The number of benzene rings is 3. The number of nitrogens with zero attached hydrogens (tertiary/aromatic N) is 3. The quantitative estimate of drug-likeness (QED) is 0.361. The standard InChI is InChI=1S/C27H22Cl2FN3O2/c28-19-6-11-22(23(29)16-19)25-31-24(17-33(25)21-9-7-20(30)8-10-21)26(34)32-14-12-27(35,13-15-32)18-4-2-1-3-5-18/h1-11,16-17,35H,12-15H2. The lowest BCUT2D eigenvalue weighted by Crippen LogP contribution is -2.45. The van der Waals surface area contributed by atoms with Crippen molar-refractivity contribution >= 4 is 29.1 Å². The predicted molar refractivity (Wildman–Crippen MR) is 134 cm³/mol. The van der Waals surface area contributed by atoms with E-state index >= 15 is 0 Å². The third-order valence-electron chi connectivity index (χ3n) is 6.39. The maximum Gasteiger partial charge on any atom is 0.274 e. The summed E-state index contributed by atoms with van der Waals surface area (Å²) in [5, 5.41) is 12.0. The van der Waals surface area contributed by atoms with Crippen molar-refractivity contribution in [2.45, 2.75) is 18.4 Å². The molecule has 0 radical (unpaired) electrons. The number of amides is 1. The molecule has 4 aromatic rings. The van der Waals surface area contributed by atoms with Gasteiger partial charge in [0.1, 0.15) is 17.3 Å². The first-order valence-corrected chi connectivity index (χ1v) is 12.0.